The Balaban J connectivity index is 1.26. The van der Waals surface area contributed by atoms with Crippen molar-refractivity contribution in [3.05, 3.63) is 84.1 Å². The van der Waals surface area contributed by atoms with Crippen LogP contribution in [0.4, 0.5) is 10.1 Å². The summed E-state index contributed by atoms with van der Waals surface area (Å²) in [5.41, 5.74) is 3.69. The van der Waals surface area contributed by atoms with E-state index in [1.54, 1.807) is 42.3 Å². The van der Waals surface area contributed by atoms with E-state index >= 15 is 0 Å². The van der Waals surface area contributed by atoms with Gasteiger partial charge in [-0.25, -0.2) is 4.39 Å². The number of hydrogen-bond donors (Lipinski definition) is 4. The van der Waals surface area contributed by atoms with Crippen molar-refractivity contribution in [3.8, 4) is 0 Å². The molecule has 2 aromatic carbocycles. The SMILES string of the molecule is CN=C(NCCc1c[nH]c2ccc(F)cc12)NCc1cccc(NC(=O)Cn2cccn2)c1. The lowest BCUT2D eigenvalue weighted by Crippen LogP contribution is -2.37. The Morgan fingerprint density at radius 2 is 2.09 bits per heavy atom. The number of anilines is 1. The van der Waals surface area contributed by atoms with Gasteiger partial charge in [0, 0.05) is 55.3 Å². The molecule has 170 valence electrons. The van der Waals surface area contributed by atoms with E-state index in [0.29, 0.717) is 19.0 Å². The highest BCUT2D eigenvalue weighted by molar-refractivity contribution is 5.90. The smallest absolute Gasteiger partial charge is 0.246 e. The topological polar surface area (TPSA) is 99.1 Å². The first-order valence-electron chi connectivity index (χ1n) is 10.7. The van der Waals surface area contributed by atoms with Crippen LogP contribution in [0.2, 0.25) is 0 Å². The number of fused-ring (bicyclic) bond motifs is 1. The molecule has 9 heteroatoms. The number of amides is 1. The molecule has 0 saturated carbocycles. The van der Waals surface area contributed by atoms with Gasteiger partial charge < -0.3 is 20.9 Å². The first-order valence-corrected chi connectivity index (χ1v) is 10.7. The number of nitrogens with zero attached hydrogens (tertiary/aromatic N) is 3. The minimum atomic E-state index is -0.242. The Hall–Kier alpha value is -4.14. The predicted molar refractivity (Wildman–Crippen MR) is 127 cm³/mol. The zero-order chi connectivity index (χ0) is 23.0. The Bertz CT molecular complexity index is 1250. The van der Waals surface area contributed by atoms with E-state index in [1.807, 2.05) is 30.5 Å². The van der Waals surface area contributed by atoms with Crippen LogP contribution in [0, 0.1) is 5.82 Å². The van der Waals surface area contributed by atoms with Crippen LogP contribution >= 0.6 is 0 Å². The number of rotatable bonds is 8. The monoisotopic (exact) mass is 447 g/mol. The Kier molecular flexibility index (Phi) is 6.99. The Labute approximate surface area is 190 Å². The maximum absolute atomic E-state index is 13.6. The third-order valence-corrected chi connectivity index (χ3v) is 5.18. The molecule has 4 rings (SSSR count). The molecule has 8 nitrogen and oxygen atoms in total. The molecule has 4 aromatic rings. The van der Waals surface area contributed by atoms with Crippen molar-refractivity contribution in [2.24, 2.45) is 4.99 Å². The van der Waals surface area contributed by atoms with Crippen LogP contribution in [0.3, 0.4) is 0 Å². The molecule has 4 N–H and O–H groups in total. The van der Waals surface area contributed by atoms with Gasteiger partial charge in [0.1, 0.15) is 12.4 Å². The Morgan fingerprint density at radius 1 is 1.18 bits per heavy atom. The zero-order valence-corrected chi connectivity index (χ0v) is 18.3. The van der Waals surface area contributed by atoms with Crippen molar-refractivity contribution in [1.29, 1.82) is 0 Å². The third kappa shape index (κ3) is 5.97. The van der Waals surface area contributed by atoms with Gasteiger partial charge in [0.25, 0.3) is 0 Å². The van der Waals surface area contributed by atoms with Gasteiger partial charge >= 0.3 is 0 Å². The molecule has 0 aliphatic heterocycles. The largest absolute Gasteiger partial charge is 0.361 e. The van der Waals surface area contributed by atoms with Gasteiger partial charge in [-0.3, -0.25) is 14.5 Å². The van der Waals surface area contributed by atoms with E-state index in [0.717, 1.165) is 34.1 Å². The highest BCUT2D eigenvalue weighted by Gasteiger charge is 2.07. The number of aromatic amines is 1. The van der Waals surface area contributed by atoms with Crippen LogP contribution < -0.4 is 16.0 Å². The second-order valence-corrected chi connectivity index (χ2v) is 7.56. The maximum Gasteiger partial charge on any atom is 0.246 e. The second kappa shape index (κ2) is 10.4. The molecular weight excluding hydrogens is 421 g/mol. The van der Waals surface area contributed by atoms with Crippen molar-refractivity contribution in [3.63, 3.8) is 0 Å². The van der Waals surface area contributed by atoms with Gasteiger partial charge in [0.05, 0.1) is 0 Å². The number of aliphatic imine (C=N–C) groups is 1. The van der Waals surface area contributed by atoms with Gasteiger partial charge in [0.2, 0.25) is 5.91 Å². The molecule has 0 aliphatic carbocycles. The van der Waals surface area contributed by atoms with E-state index < -0.39 is 0 Å². The summed E-state index contributed by atoms with van der Waals surface area (Å²) in [7, 11) is 1.71. The average molecular weight is 448 g/mol. The van der Waals surface area contributed by atoms with Crippen LogP contribution in [0.25, 0.3) is 10.9 Å². The quantitative estimate of drug-likeness (QED) is 0.246. The molecule has 0 spiro atoms. The predicted octanol–water partition coefficient (Wildman–Crippen LogP) is 3.05. The van der Waals surface area contributed by atoms with Crippen LogP contribution in [-0.2, 0) is 24.3 Å². The highest BCUT2D eigenvalue weighted by atomic mass is 19.1. The minimum Gasteiger partial charge on any atom is -0.361 e. The van der Waals surface area contributed by atoms with Gasteiger partial charge in [0.15, 0.2) is 5.96 Å². The highest BCUT2D eigenvalue weighted by Crippen LogP contribution is 2.19. The number of H-pyrrole nitrogens is 1. The third-order valence-electron chi connectivity index (χ3n) is 5.18. The average Bonchev–Trinajstić information content (AvgIpc) is 3.46. The van der Waals surface area contributed by atoms with E-state index in [9.17, 15) is 9.18 Å². The summed E-state index contributed by atoms with van der Waals surface area (Å²) in [6, 6.07) is 14.2. The number of aromatic nitrogens is 3. The van der Waals surface area contributed by atoms with Gasteiger partial charge in [-0.15, -0.1) is 0 Å². The molecule has 0 fully saturated rings. The molecule has 1 amide bonds. The number of guanidine groups is 1. The molecule has 2 aromatic heterocycles. The molecule has 0 saturated heterocycles. The summed E-state index contributed by atoms with van der Waals surface area (Å²) < 4.78 is 15.1. The number of hydrogen-bond acceptors (Lipinski definition) is 3. The lowest BCUT2D eigenvalue weighted by Gasteiger charge is -2.13. The summed E-state index contributed by atoms with van der Waals surface area (Å²) in [6.45, 7) is 1.35. The van der Waals surface area contributed by atoms with Crippen molar-refractivity contribution in [2.45, 2.75) is 19.5 Å². The Morgan fingerprint density at radius 3 is 2.91 bits per heavy atom. The first kappa shape index (κ1) is 22.1. The summed E-state index contributed by atoms with van der Waals surface area (Å²) in [4.78, 5) is 19.6. The van der Waals surface area contributed by atoms with E-state index in [-0.39, 0.29) is 18.3 Å². The second-order valence-electron chi connectivity index (χ2n) is 7.56. The molecule has 0 unspecified atom stereocenters. The number of carbonyl (C=O) groups is 1. The van der Waals surface area contributed by atoms with Crippen molar-refractivity contribution < 1.29 is 9.18 Å². The maximum atomic E-state index is 13.6. The fourth-order valence-corrected chi connectivity index (χ4v) is 3.58. The van der Waals surface area contributed by atoms with E-state index in [4.69, 9.17) is 0 Å². The molecular formula is C24H26FN7O. The van der Waals surface area contributed by atoms with Crippen LogP contribution in [-0.4, -0.2) is 40.2 Å². The van der Waals surface area contributed by atoms with Crippen LogP contribution in [0.5, 0.6) is 0 Å². The molecule has 2 heterocycles. The number of nitrogens with one attached hydrogen (secondary N) is 4. The lowest BCUT2D eigenvalue weighted by molar-refractivity contribution is -0.116. The standard InChI is InChI=1S/C24H26FN7O/c1-26-24(27-10-8-18-15-28-22-7-6-19(25)13-21(18)22)29-14-17-4-2-5-20(12-17)31-23(33)16-32-11-3-9-30-32/h2-7,9,11-13,15,28H,8,10,14,16H2,1H3,(H,31,33)(H2,26,27,29). The molecule has 33 heavy (non-hydrogen) atoms. The molecule has 0 aliphatic rings. The van der Waals surface area contributed by atoms with Gasteiger partial charge in [-0.05, 0) is 53.9 Å². The normalized spacial score (nSPS) is 11.5. The number of halogens is 1. The first-order chi connectivity index (χ1) is 16.1. The van der Waals surface area contributed by atoms with Crippen molar-refractivity contribution in [2.75, 3.05) is 18.9 Å². The summed E-state index contributed by atoms with van der Waals surface area (Å²) in [6.07, 6.45) is 6.02. The fraction of sp³-hybridized carbons (Fsp3) is 0.208. The fourth-order valence-electron chi connectivity index (χ4n) is 3.58. The number of carbonyl (C=O) groups excluding carboxylic acids is 1. The summed E-state index contributed by atoms with van der Waals surface area (Å²) >= 11 is 0. The van der Waals surface area contributed by atoms with Crippen LogP contribution in [0.15, 0.2) is 72.1 Å². The van der Waals surface area contributed by atoms with Gasteiger partial charge in [-0.2, -0.15) is 5.10 Å². The molecule has 0 radical (unpaired) electrons. The zero-order valence-electron chi connectivity index (χ0n) is 18.3. The molecule has 0 atom stereocenters. The van der Waals surface area contributed by atoms with Crippen LogP contribution in [0.1, 0.15) is 11.1 Å². The van der Waals surface area contributed by atoms with Gasteiger partial charge in [-0.1, -0.05) is 12.1 Å². The summed E-state index contributed by atoms with van der Waals surface area (Å²) in [5, 5.41) is 14.4. The minimum absolute atomic E-state index is 0.140. The summed E-state index contributed by atoms with van der Waals surface area (Å²) in [5.74, 6) is 0.279. The molecule has 0 bridgehead atoms. The number of benzene rings is 2. The van der Waals surface area contributed by atoms with Crippen molar-refractivity contribution >= 4 is 28.5 Å². The van der Waals surface area contributed by atoms with Crippen molar-refractivity contribution in [1.82, 2.24) is 25.4 Å². The van der Waals surface area contributed by atoms with E-state index in [1.165, 1.54) is 6.07 Å². The van der Waals surface area contributed by atoms with E-state index in [2.05, 4.69) is 31.0 Å². The lowest BCUT2D eigenvalue weighted by atomic mass is 10.1.